The monoisotopic (exact) mass is 379 g/mol. The van der Waals surface area contributed by atoms with E-state index in [1.807, 2.05) is 4.90 Å². The third kappa shape index (κ3) is 3.34. The van der Waals surface area contributed by atoms with Gasteiger partial charge in [-0.15, -0.1) is 0 Å². The molecule has 2 aromatic heterocycles. The van der Waals surface area contributed by atoms with Gasteiger partial charge < -0.3 is 14.7 Å². The molecule has 0 saturated carbocycles. The molecular weight excluding hydrogens is 359 g/mol. The molecule has 2 aromatic rings. The van der Waals surface area contributed by atoms with Gasteiger partial charge in [-0.3, -0.25) is 4.98 Å². The van der Waals surface area contributed by atoms with Crippen molar-refractivity contribution in [3.8, 4) is 5.75 Å². The minimum atomic E-state index is -4.43. The smallest absolute Gasteiger partial charge is 0.433 e. The summed E-state index contributed by atoms with van der Waals surface area (Å²) in [5, 5.41) is 11.4. The van der Waals surface area contributed by atoms with Gasteiger partial charge in [0.2, 0.25) is 0 Å². The molecular formula is C19H20F3N3O2. The van der Waals surface area contributed by atoms with Crippen LogP contribution in [-0.4, -0.2) is 34.8 Å². The highest BCUT2D eigenvalue weighted by Crippen LogP contribution is 2.45. The van der Waals surface area contributed by atoms with E-state index >= 15 is 0 Å². The Morgan fingerprint density at radius 1 is 1.15 bits per heavy atom. The SMILES string of the molecule is OC1(C2CCN(c3ccc(C(F)(F)F)nc3)CC2)CCOc2ccncc21. The maximum atomic E-state index is 12.7. The number of anilines is 1. The fraction of sp³-hybridized carbons (Fsp3) is 0.474. The van der Waals surface area contributed by atoms with Crippen molar-refractivity contribution >= 4 is 5.69 Å². The van der Waals surface area contributed by atoms with Crippen LogP contribution in [0.1, 0.15) is 30.5 Å². The van der Waals surface area contributed by atoms with Gasteiger partial charge in [-0.2, -0.15) is 13.2 Å². The average Bonchev–Trinajstić information content (AvgIpc) is 2.68. The predicted octanol–water partition coefficient (Wildman–Crippen LogP) is 3.38. The Morgan fingerprint density at radius 2 is 1.93 bits per heavy atom. The molecule has 1 fully saturated rings. The maximum absolute atomic E-state index is 12.7. The number of ether oxygens (including phenoxy) is 1. The number of aromatic nitrogens is 2. The van der Waals surface area contributed by atoms with Gasteiger partial charge in [0.15, 0.2) is 0 Å². The number of hydrogen-bond acceptors (Lipinski definition) is 5. The van der Waals surface area contributed by atoms with Crippen LogP contribution in [0.3, 0.4) is 0 Å². The Labute approximate surface area is 154 Å². The lowest BCUT2D eigenvalue weighted by Crippen LogP contribution is -2.46. The summed E-state index contributed by atoms with van der Waals surface area (Å²) in [4.78, 5) is 9.68. The van der Waals surface area contributed by atoms with Gasteiger partial charge in [0, 0.05) is 37.5 Å². The summed E-state index contributed by atoms with van der Waals surface area (Å²) in [5.41, 5.74) is -0.470. The highest BCUT2D eigenvalue weighted by Gasteiger charge is 2.44. The third-order valence-electron chi connectivity index (χ3n) is 5.56. The summed E-state index contributed by atoms with van der Waals surface area (Å²) in [6.45, 7) is 1.75. The second kappa shape index (κ2) is 6.67. The van der Waals surface area contributed by atoms with Crippen molar-refractivity contribution in [1.82, 2.24) is 9.97 Å². The van der Waals surface area contributed by atoms with E-state index in [-0.39, 0.29) is 5.92 Å². The highest BCUT2D eigenvalue weighted by molar-refractivity contribution is 5.45. The van der Waals surface area contributed by atoms with E-state index in [4.69, 9.17) is 4.74 Å². The molecule has 0 bridgehead atoms. The molecule has 144 valence electrons. The van der Waals surface area contributed by atoms with Gasteiger partial charge in [0.1, 0.15) is 17.0 Å². The molecule has 1 unspecified atom stereocenters. The van der Waals surface area contributed by atoms with Crippen LogP contribution in [0.15, 0.2) is 36.8 Å². The van der Waals surface area contributed by atoms with Crippen LogP contribution in [-0.2, 0) is 11.8 Å². The molecule has 2 aliphatic heterocycles. The molecule has 0 spiro atoms. The van der Waals surface area contributed by atoms with E-state index in [0.29, 0.717) is 37.6 Å². The zero-order valence-corrected chi connectivity index (χ0v) is 14.6. The standard InChI is InChI=1S/C19H20F3N3O2/c20-19(21,22)17-2-1-14(11-24-17)25-8-4-13(5-9-25)18(26)6-10-27-16-3-7-23-12-15(16)18/h1-3,7,11-13,26H,4-6,8-10H2. The topological polar surface area (TPSA) is 58.5 Å². The molecule has 4 rings (SSSR count). The van der Waals surface area contributed by atoms with Crippen molar-refractivity contribution in [2.24, 2.45) is 5.92 Å². The van der Waals surface area contributed by atoms with Crippen LogP contribution in [0.4, 0.5) is 18.9 Å². The Morgan fingerprint density at radius 3 is 2.59 bits per heavy atom. The Hall–Kier alpha value is -2.35. The lowest BCUT2D eigenvalue weighted by atomic mass is 9.73. The second-order valence-corrected chi connectivity index (χ2v) is 7.06. The van der Waals surface area contributed by atoms with Crippen LogP contribution in [0.5, 0.6) is 5.75 Å². The summed E-state index contributed by atoms with van der Waals surface area (Å²) in [5.74, 6) is 0.719. The van der Waals surface area contributed by atoms with Crippen molar-refractivity contribution in [2.45, 2.75) is 31.0 Å². The highest BCUT2D eigenvalue weighted by atomic mass is 19.4. The first-order valence-corrected chi connectivity index (χ1v) is 8.96. The van der Waals surface area contributed by atoms with Crippen molar-refractivity contribution in [1.29, 1.82) is 0 Å². The number of piperidine rings is 1. The van der Waals surface area contributed by atoms with E-state index in [1.54, 1.807) is 18.5 Å². The van der Waals surface area contributed by atoms with E-state index in [1.165, 1.54) is 12.3 Å². The predicted molar refractivity (Wildman–Crippen MR) is 92.4 cm³/mol. The van der Waals surface area contributed by atoms with Crippen molar-refractivity contribution in [2.75, 3.05) is 24.6 Å². The molecule has 27 heavy (non-hydrogen) atoms. The molecule has 5 nitrogen and oxygen atoms in total. The minimum Gasteiger partial charge on any atom is -0.493 e. The van der Waals surface area contributed by atoms with Crippen LogP contribution in [0, 0.1) is 5.92 Å². The number of pyridine rings is 2. The number of alkyl halides is 3. The second-order valence-electron chi connectivity index (χ2n) is 7.06. The molecule has 0 amide bonds. The Kier molecular flexibility index (Phi) is 4.46. The molecule has 4 heterocycles. The number of nitrogens with zero attached hydrogens (tertiary/aromatic N) is 3. The number of hydrogen-bond donors (Lipinski definition) is 1. The minimum absolute atomic E-state index is 0.0445. The van der Waals surface area contributed by atoms with E-state index in [0.717, 1.165) is 24.5 Å². The van der Waals surface area contributed by atoms with Crippen molar-refractivity contribution < 1.29 is 23.0 Å². The van der Waals surface area contributed by atoms with E-state index in [2.05, 4.69) is 9.97 Å². The van der Waals surface area contributed by atoms with Gasteiger partial charge in [0.05, 0.1) is 18.5 Å². The zero-order valence-electron chi connectivity index (χ0n) is 14.6. The van der Waals surface area contributed by atoms with Gasteiger partial charge in [-0.05, 0) is 37.0 Å². The van der Waals surface area contributed by atoms with Crippen molar-refractivity contribution in [3.05, 3.63) is 48.0 Å². The zero-order chi connectivity index (χ0) is 19.1. The quantitative estimate of drug-likeness (QED) is 0.867. The first-order chi connectivity index (χ1) is 12.9. The molecule has 1 saturated heterocycles. The fourth-order valence-electron chi connectivity index (χ4n) is 4.06. The van der Waals surface area contributed by atoms with Gasteiger partial charge >= 0.3 is 6.18 Å². The molecule has 0 radical (unpaired) electrons. The summed E-state index contributed by atoms with van der Waals surface area (Å²) < 4.78 is 43.6. The number of aliphatic hydroxyl groups is 1. The van der Waals surface area contributed by atoms with Crippen molar-refractivity contribution in [3.63, 3.8) is 0 Å². The normalized spacial score (nSPS) is 23.6. The van der Waals surface area contributed by atoms with E-state index in [9.17, 15) is 18.3 Å². The first kappa shape index (κ1) is 18.0. The number of rotatable bonds is 2. The van der Waals surface area contributed by atoms with Gasteiger partial charge in [-0.25, -0.2) is 4.98 Å². The van der Waals surface area contributed by atoms with E-state index < -0.39 is 17.5 Å². The molecule has 2 aliphatic rings. The molecule has 1 N–H and O–H groups in total. The third-order valence-corrected chi connectivity index (χ3v) is 5.56. The van der Waals surface area contributed by atoms with Crippen LogP contribution in [0.2, 0.25) is 0 Å². The molecule has 0 aromatic carbocycles. The fourth-order valence-corrected chi connectivity index (χ4v) is 4.06. The first-order valence-electron chi connectivity index (χ1n) is 8.96. The van der Waals surface area contributed by atoms with Crippen LogP contribution >= 0.6 is 0 Å². The maximum Gasteiger partial charge on any atom is 0.433 e. The van der Waals surface area contributed by atoms with Crippen LogP contribution in [0.25, 0.3) is 0 Å². The van der Waals surface area contributed by atoms with Gasteiger partial charge in [-0.1, -0.05) is 0 Å². The lowest BCUT2D eigenvalue weighted by molar-refractivity contribution is -0.141. The molecule has 0 aliphatic carbocycles. The molecule has 8 heteroatoms. The number of fused-ring (bicyclic) bond motifs is 1. The van der Waals surface area contributed by atoms with Crippen LogP contribution < -0.4 is 9.64 Å². The summed E-state index contributed by atoms with van der Waals surface area (Å²) in [6.07, 6.45) is 2.12. The van der Waals surface area contributed by atoms with Gasteiger partial charge in [0.25, 0.3) is 0 Å². The summed E-state index contributed by atoms with van der Waals surface area (Å²) >= 11 is 0. The lowest BCUT2D eigenvalue weighted by Gasteiger charge is -2.44. The number of halogens is 3. The summed E-state index contributed by atoms with van der Waals surface area (Å²) in [7, 11) is 0. The average molecular weight is 379 g/mol. The Bertz CT molecular complexity index is 805. The summed E-state index contributed by atoms with van der Waals surface area (Å²) in [6, 6.07) is 4.23. The Balaban J connectivity index is 1.47. The molecule has 1 atom stereocenters. The largest absolute Gasteiger partial charge is 0.493 e.